The first-order chi connectivity index (χ1) is 12.6. The van der Waals surface area contributed by atoms with Crippen LogP contribution in [0.25, 0.3) is 21.5 Å². The number of nitrogens with two attached hydrogens (primary N) is 1. The fraction of sp³-hybridized carbons (Fsp3) is 0.400. The van der Waals surface area contributed by atoms with Crippen molar-refractivity contribution in [1.29, 1.82) is 0 Å². The molecule has 142 valence electrons. The lowest BCUT2D eigenvalue weighted by Gasteiger charge is -2.25. The van der Waals surface area contributed by atoms with Crippen molar-refractivity contribution in [3.8, 4) is 0 Å². The summed E-state index contributed by atoms with van der Waals surface area (Å²) in [6.07, 6.45) is 2.23. The van der Waals surface area contributed by atoms with Gasteiger partial charge in [0.25, 0.3) is 0 Å². The predicted octanol–water partition coefficient (Wildman–Crippen LogP) is 6.22. The predicted molar refractivity (Wildman–Crippen MR) is 116 cm³/mol. The molecule has 0 unspecified atom stereocenters. The van der Waals surface area contributed by atoms with Crippen LogP contribution >= 0.6 is 0 Å². The van der Waals surface area contributed by atoms with E-state index >= 15 is 0 Å². The highest BCUT2D eigenvalue weighted by Crippen LogP contribution is 2.33. The van der Waals surface area contributed by atoms with Crippen molar-refractivity contribution in [2.75, 3.05) is 0 Å². The van der Waals surface area contributed by atoms with Gasteiger partial charge in [-0.15, -0.1) is 0 Å². The van der Waals surface area contributed by atoms with Crippen LogP contribution in [0.1, 0.15) is 65.0 Å². The van der Waals surface area contributed by atoms with E-state index in [4.69, 9.17) is 5.73 Å². The van der Waals surface area contributed by atoms with Gasteiger partial charge in [0.2, 0.25) is 5.91 Å². The molecule has 27 heavy (non-hydrogen) atoms. The number of fused-ring (bicyclic) bond motifs is 2. The lowest BCUT2D eigenvalue weighted by atomic mass is 9.79. The normalized spacial score (nSPS) is 12.6. The molecule has 3 aromatic carbocycles. The van der Waals surface area contributed by atoms with E-state index in [0.717, 1.165) is 12.8 Å². The van der Waals surface area contributed by atoms with Gasteiger partial charge in [0.05, 0.1) is 0 Å². The highest BCUT2D eigenvalue weighted by atomic mass is 16.1. The summed E-state index contributed by atoms with van der Waals surface area (Å²) >= 11 is 0. The van der Waals surface area contributed by atoms with E-state index in [1.54, 1.807) is 0 Å². The summed E-state index contributed by atoms with van der Waals surface area (Å²) in [6, 6.07) is 18.1. The number of primary amides is 1. The number of amides is 1. The lowest BCUT2D eigenvalue weighted by molar-refractivity contribution is -0.118. The summed E-state index contributed by atoms with van der Waals surface area (Å²) in [6.45, 7) is 11.2. The van der Waals surface area contributed by atoms with Crippen LogP contribution in [0.3, 0.4) is 0 Å². The Morgan fingerprint density at radius 1 is 0.778 bits per heavy atom. The quantitative estimate of drug-likeness (QED) is 0.538. The number of carbonyl (C=O) groups excluding carboxylic acids is 1. The van der Waals surface area contributed by atoms with Crippen molar-refractivity contribution in [3.05, 3.63) is 59.7 Å². The summed E-state index contributed by atoms with van der Waals surface area (Å²) in [5.74, 6) is -0.217. The van der Waals surface area contributed by atoms with Crippen LogP contribution in [0, 0.1) is 0 Å². The number of benzene rings is 3. The van der Waals surface area contributed by atoms with Crippen LogP contribution in [-0.2, 0) is 15.6 Å². The fourth-order valence-electron chi connectivity index (χ4n) is 3.73. The molecule has 2 nitrogen and oxygen atoms in total. The molecule has 0 aliphatic heterocycles. The molecule has 0 aliphatic rings. The van der Waals surface area contributed by atoms with Crippen LogP contribution in [0.2, 0.25) is 0 Å². The Morgan fingerprint density at radius 2 is 1.30 bits per heavy atom. The van der Waals surface area contributed by atoms with Gasteiger partial charge in [-0.3, -0.25) is 4.79 Å². The molecule has 2 heteroatoms. The zero-order valence-electron chi connectivity index (χ0n) is 17.2. The van der Waals surface area contributed by atoms with E-state index in [2.05, 4.69) is 83.1 Å². The minimum atomic E-state index is -0.217. The molecule has 3 rings (SSSR count). The van der Waals surface area contributed by atoms with Crippen LogP contribution in [0.4, 0.5) is 0 Å². The van der Waals surface area contributed by atoms with Gasteiger partial charge in [-0.2, -0.15) is 0 Å². The standard InChI is InChI=1S/C25H31NO/c1-24(2,3)21-10-8-17-14-20-16-22(11-9-18(20)13-19(17)15-21)25(4,5)12-6-7-23(26)27/h8-11,13-16H,6-7,12H2,1-5H3,(H2,26,27). The molecule has 0 saturated heterocycles. The van der Waals surface area contributed by atoms with Crippen LogP contribution < -0.4 is 5.73 Å². The average Bonchev–Trinajstić information content (AvgIpc) is 2.57. The van der Waals surface area contributed by atoms with Crippen molar-refractivity contribution >= 4 is 27.5 Å². The van der Waals surface area contributed by atoms with Crippen LogP contribution in [-0.4, -0.2) is 5.91 Å². The largest absolute Gasteiger partial charge is 0.370 e. The first-order valence-electron chi connectivity index (χ1n) is 9.83. The van der Waals surface area contributed by atoms with Crippen molar-refractivity contribution in [3.63, 3.8) is 0 Å². The maximum atomic E-state index is 11.0. The molecule has 0 heterocycles. The van der Waals surface area contributed by atoms with Crippen molar-refractivity contribution in [1.82, 2.24) is 0 Å². The Morgan fingerprint density at radius 3 is 1.81 bits per heavy atom. The maximum absolute atomic E-state index is 11.0. The number of hydrogen-bond acceptors (Lipinski definition) is 1. The van der Waals surface area contributed by atoms with Crippen molar-refractivity contribution in [2.45, 2.75) is 64.7 Å². The Hall–Kier alpha value is -2.35. The van der Waals surface area contributed by atoms with Gasteiger partial charge in [-0.25, -0.2) is 0 Å². The van der Waals surface area contributed by atoms with E-state index in [-0.39, 0.29) is 16.7 Å². The van der Waals surface area contributed by atoms with E-state index in [9.17, 15) is 4.79 Å². The summed E-state index contributed by atoms with van der Waals surface area (Å²) in [7, 11) is 0. The van der Waals surface area contributed by atoms with Gasteiger partial charge in [-0.05, 0) is 68.5 Å². The van der Waals surface area contributed by atoms with E-state index in [1.807, 2.05) is 0 Å². The molecule has 0 bridgehead atoms. The molecule has 0 aliphatic carbocycles. The van der Waals surface area contributed by atoms with Crippen molar-refractivity contribution < 1.29 is 4.79 Å². The zero-order chi connectivity index (χ0) is 19.8. The van der Waals surface area contributed by atoms with Gasteiger partial charge in [0, 0.05) is 6.42 Å². The topological polar surface area (TPSA) is 43.1 Å². The number of carbonyl (C=O) groups is 1. The van der Waals surface area contributed by atoms with Crippen LogP contribution in [0.15, 0.2) is 48.5 Å². The molecule has 1 amide bonds. The Balaban J connectivity index is 1.97. The Bertz CT molecular complexity index is 992. The Kier molecular flexibility index (Phi) is 5.03. The first-order valence-corrected chi connectivity index (χ1v) is 9.83. The molecule has 3 aromatic rings. The highest BCUT2D eigenvalue weighted by molar-refractivity contribution is 5.98. The smallest absolute Gasteiger partial charge is 0.217 e. The molecule has 0 saturated carbocycles. The molecule has 0 atom stereocenters. The van der Waals surface area contributed by atoms with Gasteiger partial charge in [0.15, 0.2) is 0 Å². The monoisotopic (exact) mass is 361 g/mol. The van der Waals surface area contributed by atoms with Gasteiger partial charge in [-0.1, -0.05) is 71.0 Å². The number of hydrogen-bond donors (Lipinski definition) is 1. The Labute approximate surface area is 162 Å². The third-order valence-electron chi connectivity index (χ3n) is 5.67. The summed E-state index contributed by atoms with van der Waals surface area (Å²) in [4.78, 5) is 11.0. The minimum absolute atomic E-state index is 0.0225. The molecular weight excluding hydrogens is 330 g/mol. The third-order valence-corrected chi connectivity index (χ3v) is 5.67. The maximum Gasteiger partial charge on any atom is 0.217 e. The molecular formula is C25H31NO. The van der Waals surface area contributed by atoms with Gasteiger partial charge < -0.3 is 5.73 Å². The van der Waals surface area contributed by atoms with E-state index in [1.165, 1.54) is 32.7 Å². The fourth-order valence-corrected chi connectivity index (χ4v) is 3.73. The second kappa shape index (κ2) is 6.99. The minimum Gasteiger partial charge on any atom is -0.370 e. The average molecular weight is 362 g/mol. The molecule has 0 fully saturated rings. The van der Waals surface area contributed by atoms with Crippen LogP contribution in [0.5, 0.6) is 0 Å². The first kappa shape index (κ1) is 19.4. The van der Waals surface area contributed by atoms with E-state index in [0.29, 0.717) is 6.42 Å². The van der Waals surface area contributed by atoms with Gasteiger partial charge in [0.1, 0.15) is 0 Å². The summed E-state index contributed by atoms with van der Waals surface area (Å²) < 4.78 is 0. The molecule has 0 spiro atoms. The summed E-state index contributed by atoms with van der Waals surface area (Å²) in [5, 5.41) is 5.11. The second-order valence-corrected chi connectivity index (χ2v) is 9.43. The highest BCUT2D eigenvalue weighted by Gasteiger charge is 2.21. The molecule has 0 radical (unpaired) electrons. The van der Waals surface area contributed by atoms with E-state index < -0.39 is 0 Å². The third kappa shape index (κ3) is 4.32. The number of rotatable bonds is 5. The second-order valence-electron chi connectivity index (χ2n) is 9.43. The lowest BCUT2D eigenvalue weighted by Crippen LogP contribution is -2.18. The zero-order valence-corrected chi connectivity index (χ0v) is 17.2. The molecule has 2 N–H and O–H groups in total. The SMILES string of the molecule is CC(C)(C)c1ccc2cc3cc(C(C)(C)CCCC(N)=O)ccc3cc2c1. The van der Waals surface area contributed by atoms with Gasteiger partial charge >= 0.3 is 0 Å². The van der Waals surface area contributed by atoms with Crippen molar-refractivity contribution in [2.24, 2.45) is 5.73 Å². The molecule has 0 aromatic heterocycles. The summed E-state index contributed by atoms with van der Waals surface area (Å²) in [5.41, 5.74) is 8.14.